The van der Waals surface area contributed by atoms with Crippen LogP contribution in [-0.2, 0) is 4.79 Å². The van der Waals surface area contributed by atoms with Gasteiger partial charge in [0.25, 0.3) is 0 Å². The first-order valence-electron chi connectivity index (χ1n) is 7.74. The zero-order valence-corrected chi connectivity index (χ0v) is 13.2. The van der Waals surface area contributed by atoms with Crippen molar-refractivity contribution >= 4 is 17.7 Å². The van der Waals surface area contributed by atoms with Gasteiger partial charge in [0.05, 0.1) is 5.54 Å². The summed E-state index contributed by atoms with van der Waals surface area (Å²) in [5, 5.41) is 0.741. The van der Waals surface area contributed by atoms with E-state index in [0.29, 0.717) is 6.04 Å². The second kappa shape index (κ2) is 6.49. The Bertz CT molecular complexity index is 315. The molecule has 0 aromatic rings. The first-order valence-corrected chi connectivity index (χ1v) is 8.79. The van der Waals surface area contributed by atoms with E-state index in [1.54, 1.807) is 0 Å². The van der Waals surface area contributed by atoms with Crippen molar-refractivity contribution in [3.63, 3.8) is 0 Å². The van der Waals surface area contributed by atoms with E-state index in [1.807, 2.05) is 23.7 Å². The van der Waals surface area contributed by atoms with Crippen molar-refractivity contribution in [2.45, 2.75) is 75.1 Å². The number of amides is 1. The average molecular weight is 284 g/mol. The molecule has 0 spiro atoms. The zero-order valence-electron chi connectivity index (χ0n) is 12.4. The SMILES string of the molecule is CCSC1CCC(N(C)C(=O)C2(N)CCCCC2)C1. The Morgan fingerprint density at radius 1 is 1.32 bits per heavy atom. The molecule has 0 aromatic heterocycles. The molecule has 4 heteroatoms. The highest BCUT2D eigenvalue weighted by atomic mass is 32.2. The Kier molecular flexibility index (Phi) is 5.18. The molecule has 0 saturated heterocycles. The van der Waals surface area contributed by atoms with Gasteiger partial charge in [-0.15, -0.1) is 0 Å². The van der Waals surface area contributed by atoms with Gasteiger partial charge in [0.1, 0.15) is 0 Å². The fourth-order valence-electron chi connectivity index (χ4n) is 3.57. The number of carbonyl (C=O) groups is 1. The van der Waals surface area contributed by atoms with Crippen molar-refractivity contribution in [2.75, 3.05) is 12.8 Å². The van der Waals surface area contributed by atoms with Crippen molar-refractivity contribution in [2.24, 2.45) is 5.73 Å². The van der Waals surface area contributed by atoms with Gasteiger partial charge in [-0.05, 0) is 37.9 Å². The van der Waals surface area contributed by atoms with E-state index in [2.05, 4.69) is 6.92 Å². The molecule has 2 aliphatic carbocycles. The van der Waals surface area contributed by atoms with Crippen LogP contribution in [0.5, 0.6) is 0 Å². The summed E-state index contributed by atoms with van der Waals surface area (Å²) in [7, 11) is 1.97. The molecule has 0 radical (unpaired) electrons. The summed E-state index contributed by atoms with van der Waals surface area (Å²) in [4.78, 5) is 14.6. The van der Waals surface area contributed by atoms with E-state index in [0.717, 1.165) is 43.8 Å². The van der Waals surface area contributed by atoms with Gasteiger partial charge in [-0.2, -0.15) is 11.8 Å². The summed E-state index contributed by atoms with van der Waals surface area (Å²) in [5.74, 6) is 1.37. The van der Waals surface area contributed by atoms with Gasteiger partial charge in [-0.25, -0.2) is 0 Å². The van der Waals surface area contributed by atoms with Crippen molar-refractivity contribution in [1.29, 1.82) is 0 Å². The maximum Gasteiger partial charge on any atom is 0.242 e. The van der Waals surface area contributed by atoms with E-state index in [-0.39, 0.29) is 5.91 Å². The van der Waals surface area contributed by atoms with Gasteiger partial charge in [-0.3, -0.25) is 4.79 Å². The van der Waals surface area contributed by atoms with Crippen LogP contribution >= 0.6 is 11.8 Å². The summed E-state index contributed by atoms with van der Waals surface area (Å²) < 4.78 is 0. The van der Waals surface area contributed by atoms with Crippen LogP contribution < -0.4 is 5.73 Å². The lowest BCUT2D eigenvalue weighted by atomic mass is 9.81. The second-order valence-corrected chi connectivity index (χ2v) is 7.75. The Morgan fingerprint density at radius 2 is 2.00 bits per heavy atom. The van der Waals surface area contributed by atoms with Crippen LogP contribution in [0.2, 0.25) is 0 Å². The van der Waals surface area contributed by atoms with Crippen molar-refractivity contribution < 1.29 is 4.79 Å². The highest BCUT2D eigenvalue weighted by molar-refractivity contribution is 7.99. The van der Waals surface area contributed by atoms with Crippen LogP contribution in [0.1, 0.15) is 58.3 Å². The quantitative estimate of drug-likeness (QED) is 0.863. The van der Waals surface area contributed by atoms with E-state index in [1.165, 1.54) is 18.6 Å². The molecule has 0 heterocycles. The summed E-state index contributed by atoms with van der Waals surface area (Å²) in [5.41, 5.74) is 5.80. The van der Waals surface area contributed by atoms with Gasteiger partial charge in [-0.1, -0.05) is 26.2 Å². The van der Waals surface area contributed by atoms with Crippen molar-refractivity contribution in [3.05, 3.63) is 0 Å². The van der Waals surface area contributed by atoms with Gasteiger partial charge >= 0.3 is 0 Å². The number of rotatable bonds is 4. The standard InChI is InChI=1S/C15H28N2OS/c1-3-19-13-8-7-12(11-13)17(2)14(18)15(16)9-5-4-6-10-15/h12-13H,3-11,16H2,1-2H3. The van der Waals surface area contributed by atoms with Crippen LogP contribution in [0.15, 0.2) is 0 Å². The number of hydrogen-bond acceptors (Lipinski definition) is 3. The molecule has 110 valence electrons. The fraction of sp³-hybridized carbons (Fsp3) is 0.933. The van der Waals surface area contributed by atoms with E-state index >= 15 is 0 Å². The minimum absolute atomic E-state index is 0.194. The molecule has 2 fully saturated rings. The molecule has 2 rings (SSSR count). The molecule has 1 amide bonds. The lowest BCUT2D eigenvalue weighted by Crippen LogP contribution is -2.57. The predicted molar refractivity (Wildman–Crippen MR) is 82.3 cm³/mol. The van der Waals surface area contributed by atoms with Gasteiger partial charge in [0.2, 0.25) is 5.91 Å². The number of thioether (sulfide) groups is 1. The molecule has 2 N–H and O–H groups in total. The first-order chi connectivity index (χ1) is 9.07. The maximum atomic E-state index is 12.7. The number of hydrogen-bond donors (Lipinski definition) is 1. The smallest absolute Gasteiger partial charge is 0.242 e. The minimum atomic E-state index is -0.566. The van der Waals surface area contributed by atoms with E-state index < -0.39 is 5.54 Å². The molecular weight excluding hydrogens is 256 g/mol. The highest BCUT2D eigenvalue weighted by Crippen LogP contribution is 2.34. The van der Waals surface area contributed by atoms with Crippen molar-refractivity contribution in [1.82, 2.24) is 4.90 Å². The normalized spacial score (nSPS) is 30.3. The molecule has 3 nitrogen and oxygen atoms in total. The molecule has 2 unspecified atom stereocenters. The van der Waals surface area contributed by atoms with Gasteiger partial charge in [0.15, 0.2) is 0 Å². The van der Waals surface area contributed by atoms with Gasteiger partial charge in [0, 0.05) is 18.3 Å². The summed E-state index contributed by atoms with van der Waals surface area (Å²) in [6.45, 7) is 2.21. The first kappa shape index (κ1) is 15.2. The van der Waals surface area contributed by atoms with Crippen molar-refractivity contribution in [3.8, 4) is 0 Å². The molecule has 2 aliphatic rings. The number of carbonyl (C=O) groups excluding carboxylic acids is 1. The van der Waals surface area contributed by atoms with Crippen LogP contribution in [0, 0.1) is 0 Å². The largest absolute Gasteiger partial charge is 0.341 e. The fourth-order valence-corrected chi connectivity index (χ4v) is 4.70. The molecule has 0 bridgehead atoms. The van der Waals surface area contributed by atoms with Crippen LogP contribution in [0.25, 0.3) is 0 Å². The molecule has 19 heavy (non-hydrogen) atoms. The number of nitrogens with zero attached hydrogens (tertiary/aromatic N) is 1. The molecule has 2 saturated carbocycles. The van der Waals surface area contributed by atoms with E-state index in [9.17, 15) is 4.79 Å². The van der Waals surface area contributed by atoms with E-state index in [4.69, 9.17) is 5.73 Å². The lowest BCUT2D eigenvalue weighted by molar-refractivity contribution is -0.139. The minimum Gasteiger partial charge on any atom is -0.341 e. The average Bonchev–Trinajstić information content (AvgIpc) is 2.87. The third kappa shape index (κ3) is 3.46. The van der Waals surface area contributed by atoms with Crippen LogP contribution in [0.3, 0.4) is 0 Å². The highest BCUT2D eigenvalue weighted by Gasteiger charge is 2.40. The third-order valence-electron chi connectivity index (χ3n) is 4.80. The van der Waals surface area contributed by atoms with Crippen LogP contribution in [0.4, 0.5) is 0 Å². The zero-order chi connectivity index (χ0) is 13.9. The summed E-state index contributed by atoms with van der Waals surface area (Å²) >= 11 is 2.04. The molecule has 0 aromatic carbocycles. The predicted octanol–water partition coefficient (Wildman–Crippen LogP) is 2.78. The lowest BCUT2D eigenvalue weighted by Gasteiger charge is -2.37. The monoisotopic (exact) mass is 284 g/mol. The molecular formula is C15H28N2OS. The number of likely N-dealkylation sites (N-methyl/N-ethyl adjacent to an activating group) is 1. The van der Waals surface area contributed by atoms with Gasteiger partial charge < -0.3 is 10.6 Å². The maximum absolute atomic E-state index is 12.7. The third-order valence-corrected chi connectivity index (χ3v) is 6.03. The summed E-state index contributed by atoms with van der Waals surface area (Å²) in [6.07, 6.45) is 8.73. The summed E-state index contributed by atoms with van der Waals surface area (Å²) in [6, 6.07) is 0.416. The Labute approximate surface area is 121 Å². The Hall–Kier alpha value is -0.220. The Morgan fingerprint density at radius 3 is 2.63 bits per heavy atom. The topological polar surface area (TPSA) is 46.3 Å². The molecule has 2 atom stereocenters. The second-order valence-electron chi connectivity index (χ2n) is 6.18. The van der Waals surface area contributed by atoms with Crippen LogP contribution in [-0.4, -0.2) is 40.4 Å². The Balaban J connectivity index is 1.92. The number of nitrogens with two attached hydrogens (primary N) is 1. The molecule has 0 aliphatic heterocycles.